The van der Waals surface area contributed by atoms with E-state index in [-0.39, 0.29) is 24.8 Å². The van der Waals surface area contributed by atoms with Crippen molar-refractivity contribution >= 4 is 39.3 Å². The predicted molar refractivity (Wildman–Crippen MR) is 122 cm³/mol. The van der Waals surface area contributed by atoms with Gasteiger partial charge >= 0.3 is 0 Å². The maximum Gasteiger partial charge on any atom is 0.244 e. The second-order valence-electron chi connectivity index (χ2n) is 7.94. The molecule has 0 radical (unpaired) electrons. The third kappa shape index (κ3) is 3.89. The molecular formula is C25H24N4O2. The minimum absolute atomic E-state index is 0.0727. The Hall–Kier alpha value is -3.67. The molecule has 2 heterocycles. The number of imidazole rings is 1. The number of rotatable bonds is 5. The average Bonchev–Trinajstić information content (AvgIpc) is 3.43. The molecule has 1 N–H and O–H groups in total. The second kappa shape index (κ2) is 8.22. The summed E-state index contributed by atoms with van der Waals surface area (Å²) < 4.78 is 1.86. The van der Waals surface area contributed by atoms with Crippen LogP contribution in [-0.2, 0) is 22.6 Å². The summed E-state index contributed by atoms with van der Waals surface area (Å²) in [5.74, 6) is 0.559. The molecule has 0 bridgehead atoms. The molecule has 31 heavy (non-hydrogen) atoms. The zero-order valence-electron chi connectivity index (χ0n) is 17.3. The first kappa shape index (κ1) is 19.3. The third-order valence-corrected chi connectivity index (χ3v) is 5.87. The summed E-state index contributed by atoms with van der Waals surface area (Å²) in [6.45, 7) is 1.72. The van der Waals surface area contributed by atoms with Gasteiger partial charge in [-0.1, -0.05) is 48.5 Å². The van der Waals surface area contributed by atoms with Crippen LogP contribution in [0.3, 0.4) is 0 Å². The zero-order valence-corrected chi connectivity index (χ0v) is 17.3. The minimum atomic E-state index is -0.144. The molecule has 0 unspecified atom stereocenters. The fourth-order valence-electron chi connectivity index (χ4n) is 4.32. The average molecular weight is 412 g/mol. The van der Waals surface area contributed by atoms with Crippen LogP contribution in [0.1, 0.15) is 18.7 Å². The predicted octanol–water partition coefficient (Wildman–Crippen LogP) is 3.99. The van der Waals surface area contributed by atoms with E-state index in [1.54, 1.807) is 0 Å². The number of carbonyl (C=O) groups excluding carboxylic acids is 2. The van der Waals surface area contributed by atoms with Gasteiger partial charge in [-0.25, -0.2) is 4.98 Å². The maximum absolute atomic E-state index is 13.0. The molecule has 0 saturated carbocycles. The Morgan fingerprint density at radius 1 is 0.903 bits per heavy atom. The number of aromatic nitrogens is 2. The number of anilines is 1. The van der Waals surface area contributed by atoms with Gasteiger partial charge in [-0.15, -0.1) is 0 Å². The molecule has 1 aliphatic heterocycles. The van der Waals surface area contributed by atoms with E-state index in [9.17, 15) is 9.59 Å². The Kier molecular flexibility index (Phi) is 5.12. The van der Waals surface area contributed by atoms with Crippen LogP contribution < -0.4 is 5.32 Å². The normalized spacial score (nSPS) is 13.7. The number of amides is 2. The van der Waals surface area contributed by atoms with Crippen molar-refractivity contribution in [1.82, 2.24) is 14.5 Å². The van der Waals surface area contributed by atoms with Crippen molar-refractivity contribution in [2.45, 2.75) is 25.8 Å². The number of fused-ring (bicyclic) bond motifs is 2. The fourth-order valence-corrected chi connectivity index (χ4v) is 4.32. The molecule has 4 aromatic rings. The van der Waals surface area contributed by atoms with E-state index >= 15 is 0 Å². The highest BCUT2D eigenvalue weighted by molar-refractivity contribution is 6.02. The Morgan fingerprint density at radius 2 is 1.65 bits per heavy atom. The summed E-state index contributed by atoms with van der Waals surface area (Å²) in [6, 6.07) is 21.5. The van der Waals surface area contributed by atoms with Gasteiger partial charge in [0.2, 0.25) is 11.8 Å². The van der Waals surface area contributed by atoms with Crippen LogP contribution in [-0.4, -0.2) is 39.4 Å². The highest BCUT2D eigenvalue weighted by Gasteiger charge is 2.22. The van der Waals surface area contributed by atoms with Gasteiger partial charge in [0.05, 0.1) is 17.5 Å². The van der Waals surface area contributed by atoms with Crippen molar-refractivity contribution in [3.63, 3.8) is 0 Å². The largest absolute Gasteiger partial charge is 0.342 e. The van der Waals surface area contributed by atoms with Crippen LogP contribution in [0.25, 0.3) is 21.8 Å². The maximum atomic E-state index is 13.0. The standard InChI is InChI=1S/C25H24N4O2/c30-24(27-20-12-7-9-18-8-1-2-10-19(18)20)17-29-22-13-4-3-11-21(22)26-23(29)16-25(31)28-14-5-6-15-28/h1-4,7-13H,5-6,14-17H2,(H,27,30). The topological polar surface area (TPSA) is 67.2 Å². The third-order valence-electron chi connectivity index (χ3n) is 5.87. The zero-order chi connectivity index (χ0) is 21.2. The molecule has 6 heteroatoms. The summed E-state index contributed by atoms with van der Waals surface area (Å²) >= 11 is 0. The van der Waals surface area contributed by atoms with E-state index in [1.807, 2.05) is 76.2 Å². The lowest BCUT2D eigenvalue weighted by atomic mass is 10.1. The molecule has 1 aliphatic rings. The first-order valence-electron chi connectivity index (χ1n) is 10.7. The lowest BCUT2D eigenvalue weighted by Gasteiger charge is -2.16. The molecule has 1 aromatic heterocycles. The number of nitrogens with zero attached hydrogens (tertiary/aromatic N) is 3. The van der Waals surface area contributed by atoms with Gasteiger partial charge in [-0.2, -0.15) is 0 Å². The minimum Gasteiger partial charge on any atom is -0.342 e. The van der Waals surface area contributed by atoms with Gasteiger partial charge in [-0.3, -0.25) is 9.59 Å². The van der Waals surface area contributed by atoms with Crippen LogP contribution in [0.5, 0.6) is 0 Å². The van der Waals surface area contributed by atoms with Crippen molar-refractivity contribution in [2.24, 2.45) is 0 Å². The summed E-state index contributed by atoms with van der Waals surface area (Å²) in [6.07, 6.45) is 2.31. The van der Waals surface area contributed by atoms with E-state index in [1.165, 1.54) is 0 Å². The van der Waals surface area contributed by atoms with Gasteiger partial charge in [-0.05, 0) is 36.4 Å². The second-order valence-corrected chi connectivity index (χ2v) is 7.94. The quantitative estimate of drug-likeness (QED) is 0.539. The Labute approximate surface area is 180 Å². The van der Waals surface area contributed by atoms with E-state index in [0.29, 0.717) is 5.82 Å². The van der Waals surface area contributed by atoms with Crippen LogP contribution in [0.4, 0.5) is 5.69 Å². The highest BCUT2D eigenvalue weighted by Crippen LogP contribution is 2.23. The number of nitrogens with one attached hydrogen (secondary N) is 1. The van der Waals surface area contributed by atoms with Crippen LogP contribution in [0, 0.1) is 0 Å². The van der Waals surface area contributed by atoms with E-state index in [2.05, 4.69) is 10.3 Å². The van der Waals surface area contributed by atoms with Crippen molar-refractivity contribution in [1.29, 1.82) is 0 Å². The monoisotopic (exact) mass is 412 g/mol. The molecule has 0 spiro atoms. The Bertz CT molecular complexity index is 1270. The van der Waals surface area contributed by atoms with Gasteiger partial charge in [0, 0.05) is 24.2 Å². The number of hydrogen-bond acceptors (Lipinski definition) is 3. The van der Waals surface area contributed by atoms with Crippen LogP contribution in [0.2, 0.25) is 0 Å². The number of hydrogen-bond donors (Lipinski definition) is 1. The molecule has 156 valence electrons. The van der Waals surface area contributed by atoms with Gasteiger partial charge in [0.1, 0.15) is 12.4 Å². The fraction of sp³-hybridized carbons (Fsp3) is 0.240. The number of carbonyl (C=O) groups is 2. The van der Waals surface area contributed by atoms with Crippen molar-refractivity contribution in [3.8, 4) is 0 Å². The first-order valence-corrected chi connectivity index (χ1v) is 10.7. The van der Waals surface area contributed by atoms with E-state index in [0.717, 1.165) is 53.4 Å². The smallest absolute Gasteiger partial charge is 0.244 e. The molecule has 1 fully saturated rings. The summed E-state index contributed by atoms with van der Waals surface area (Å²) in [5.41, 5.74) is 2.44. The highest BCUT2D eigenvalue weighted by atomic mass is 16.2. The molecule has 3 aromatic carbocycles. The van der Waals surface area contributed by atoms with Crippen molar-refractivity contribution < 1.29 is 9.59 Å². The molecule has 5 rings (SSSR count). The SMILES string of the molecule is O=C(Cn1c(CC(=O)N2CCCC2)nc2ccccc21)Nc1cccc2ccccc12. The van der Waals surface area contributed by atoms with Gasteiger partial charge in [0.25, 0.3) is 0 Å². The summed E-state index contributed by atoms with van der Waals surface area (Å²) in [5, 5.41) is 5.11. The summed E-state index contributed by atoms with van der Waals surface area (Å²) in [4.78, 5) is 32.3. The molecule has 2 amide bonds. The van der Waals surface area contributed by atoms with Crippen LogP contribution in [0.15, 0.2) is 66.7 Å². The molecule has 0 aliphatic carbocycles. The number of benzene rings is 3. The first-order chi connectivity index (χ1) is 15.2. The molecule has 1 saturated heterocycles. The molecule has 0 atom stereocenters. The van der Waals surface area contributed by atoms with Gasteiger partial charge in [0.15, 0.2) is 0 Å². The van der Waals surface area contributed by atoms with E-state index < -0.39 is 0 Å². The summed E-state index contributed by atoms with van der Waals surface area (Å²) in [7, 11) is 0. The Morgan fingerprint density at radius 3 is 2.52 bits per heavy atom. The van der Waals surface area contributed by atoms with Crippen molar-refractivity contribution in [2.75, 3.05) is 18.4 Å². The van der Waals surface area contributed by atoms with E-state index in [4.69, 9.17) is 0 Å². The lowest BCUT2D eigenvalue weighted by Crippen LogP contribution is -2.30. The van der Waals surface area contributed by atoms with Gasteiger partial charge < -0.3 is 14.8 Å². The Balaban J connectivity index is 1.42. The number of para-hydroxylation sites is 2. The molecule has 6 nitrogen and oxygen atoms in total. The number of likely N-dealkylation sites (tertiary alicyclic amines) is 1. The molecular weight excluding hydrogens is 388 g/mol. The van der Waals surface area contributed by atoms with Crippen molar-refractivity contribution in [3.05, 3.63) is 72.6 Å². The lowest BCUT2D eigenvalue weighted by molar-refractivity contribution is -0.129. The van der Waals surface area contributed by atoms with Crippen LogP contribution >= 0.6 is 0 Å².